The smallest absolute Gasteiger partial charge is 0.272 e. The van der Waals surface area contributed by atoms with Crippen LogP contribution in [0.5, 0.6) is 5.75 Å². The maximum Gasteiger partial charge on any atom is 0.272 e. The first-order valence-corrected chi connectivity index (χ1v) is 9.06. The summed E-state index contributed by atoms with van der Waals surface area (Å²) in [7, 11) is 0. The number of nitrogens with one attached hydrogen (secondary N) is 1. The summed E-state index contributed by atoms with van der Waals surface area (Å²) < 4.78 is 29.9. The van der Waals surface area contributed by atoms with Gasteiger partial charge < -0.3 is 10.1 Å². The molecule has 0 aliphatic heterocycles. The number of hydrogen-bond acceptors (Lipinski definition) is 4. The Kier molecular flexibility index (Phi) is 7.61. The summed E-state index contributed by atoms with van der Waals surface area (Å²) in [6, 6.07) is 6.80. The first kappa shape index (κ1) is 21.5. The van der Waals surface area contributed by atoms with E-state index in [1.54, 1.807) is 45.0 Å². The van der Waals surface area contributed by atoms with Crippen molar-refractivity contribution >= 4 is 11.7 Å². The van der Waals surface area contributed by atoms with Crippen molar-refractivity contribution < 1.29 is 23.1 Å². The number of ether oxygens (including phenoxy) is 1. The fraction of sp³-hybridized carbons (Fsp3) is 0.381. The molecule has 150 valence electrons. The first-order valence-electron chi connectivity index (χ1n) is 9.06. The lowest BCUT2D eigenvalue weighted by molar-refractivity contribution is -0.118. The number of hydrogen-bond donors (Lipinski definition) is 1. The Labute approximate surface area is 163 Å². The molecule has 0 bridgehead atoms. The zero-order chi connectivity index (χ0) is 20.7. The number of benzene rings is 1. The van der Waals surface area contributed by atoms with E-state index in [0.717, 1.165) is 16.7 Å². The highest BCUT2D eigenvalue weighted by molar-refractivity contribution is 5.94. The number of halogens is 2. The van der Waals surface area contributed by atoms with E-state index in [1.807, 2.05) is 0 Å². The zero-order valence-corrected chi connectivity index (χ0v) is 16.2. The van der Waals surface area contributed by atoms with Crippen molar-refractivity contribution in [3.05, 3.63) is 58.4 Å². The minimum Gasteiger partial charge on any atom is -0.487 e. The van der Waals surface area contributed by atoms with Gasteiger partial charge in [-0.3, -0.25) is 14.6 Å². The number of ketones is 1. The van der Waals surface area contributed by atoms with E-state index in [4.69, 9.17) is 4.74 Å². The van der Waals surface area contributed by atoms with Gasteiger partial charge in [0.05, 0.1) is 0 Å². The second-order valence-corrected chi connectivity index (χ2v) is 6.55. The molecule has 0 spiro atoms. The predicted octanol–water partition coefficient (Wildman–Crippen LogP) is 3.79. The van der Waals surface area contributed by atoms with Gasteiger partial charge in [-0.2, -0.15) is 0 Å². The molecule has 1 aromatic heterocycles. The zero-order valence-electron chi connectivity index (χ0n) is 16.2. The Hall–Kier alpha value is -2.83. The molecule has 0 unspecified atom stereocenters. The fourth-order valence-corrected chi connectivity index (χ4v) is 2.84. The Balaban J connectivity index is 2.03. The molecule has 1 heterocycles. The lowest BCUT2D eigenvalue weighted by Gasteiger charge is -2.14. The van der Waals surface area contributed by atoms with Crippen molar-refractivity contribution in [1.29, 1.82) is 0 Å². The van der Waals surface area contributed by atoms with Crippen LogP contribution in [0.2, 0.25) is 0 Å². The van der Waals surface area contributed by atoms with Gasteiger partial charge in [-0.15, -0.1) is 0 Å². The minimum absolute atomic E-state index is 0.0603. The van der Waals surface area contributed by atoms with Crippen molar-refractivity contribution in [3.8, 4) is 5.75 Å². The number of rotatable bonds is 9. The van der Waals surface area contributed by atoms with Crippen LogP contribution in [0.25, 0.3) is 0 Å². The third-order valence-electron chi connectivity index (χ3n) is 4.18. The molecule has 7 heteroatoms. The molecular formula is C21H24F2N2O3. The summed E-state index contributed by atoms with van der Waals surface area (Å²) in [5.41, 5.74) is 3.29. The van der Waals surface area contributed by atoms with E-state index in [0.29, 0.717) is 23.4 Å². The molecule has 0 atom stereocenters. The number of carbonyl (C=O) groups is 2. The molecule has 0 aliphatic rings. The van der Waals surface area contributed by atoms with Crippen LogP contribution in [-0.2, 0) is 17.8 Å². The van der Waals surface area contributed by atoms with Crippen LogP contribution in [0.3, 0.4) is 0 Å². The minimum atomic E-state index is -2.53. The number of alkyl halides is 2. The first-order chi connectivity index (χ1) is 13.3. The quantitative estimate of drug-likeness (QED) is 0.707. The Morgan fingerprint density at radius 2 is 1.86 bits per heavy atom. The number of nitrogens with zero attached hydrogens (tertiary/aromatic N) is 1. The summed E-state index contributed by atoms with van der Waals surface area (Å²) in [6.07, 6.45) is -0.392. The summed E-state index contributed by atoms with van der Waals surface area (Å²) in [4.78, 5) is 28.1. The van der Waals surface area contributed by atoms with Crippen molar-refractivity contribution in [2.75, 3.05) is 6.61 Å². The number of aryl methyl sites for hydroxylation is 2. The number of aromatic nitrogens is 1. The third kappa shape index (κ3) is 6.11. The van der Waals surface area contributed by atoms with Gasteiger partial charge in [-0.1, -0.05) is 19.1 Å². The Bertz CT molecular complexity index is 830. The molecule has 1 N–H and O–H groups in total. The van der Waals surface area contributed by atoms with Crippen molar-refractivity contribution in [3.63, 3.8) is 0 Å². The molecule has 0 saturated carbocycles. The van der Waals surface area contributed by atoms with Crippen molar-refractivity contribution in [2.45, 2.75) is 46.6 Å². The summed E-state index contributed by atoms with van der Waals surface area (Å²) in [5, 5.41) is 2.82. The number of Topliss-reactive ketones (excluding diaryl/α,β-unsaturated/α-hetero) is 1. The highest BCUT2D eigenvalue weighted by Crippen LogP contribution is 2.25. The molecule has 2 aromatic rings. The van der Waals surface area contributed by atoms with Crippen molar-refractivity contribution in [2.24, 2.45) is 0 Å². The van der Waals surface area contributed by atoms with E-state index >= 15 is 0 Å². The number of carbonyl (C=O) groups excluding carboxylic acids is 2. The average Bonchev–Trinajstić information content (AvgIpc) is 2.65. The van der Waals surface area contributed by atoms with E-state index in [-0.39, 0.29) is 24.7 Å². The lowest BCUT2D eigenvalue weighted by atomic mass is 10.1. The van der Waals surface area contributed by atoms with Gasteiger partial charge in [0.1, 0.15) is 18.1 Å². The topological polar surface area (TPSA) is 68.3 Å². The largest absolute Gasteiger partial charge is 0.487 e. The molecule has 2 rings (SSSR count). The Morgan fingerprint density at radius 1 is 1.18 bits per heavy atom. The van der Waals surface area contributed by atoms with Crippen LogP contribution < -0.4 is 10.1 Å². The lowest BCUT2D eigenvalue weighted by Crippen LogP contribution is -2.23. The SMILES string of the molecule is CCC(=O)Cc1cc(C(=O)NCc2cc(C)c(OCC(F)F)c(C)c2)ccn1. The molecule has 0 aliphatic carbocycles. The molecule has 1 amide bonds. The normalized spacial score (nSPS) is 10.8. The maximum absolute atomic E-state index is 12.4. The monoisotopic (exact) mass is 390 g/mol. The van der Waals surface area contributed by atoms with Crippen LogP contribution in [0.15, 0.2) is 30.5 Å². The third-order valence-corrected chi connectivity index (χ3v) is 4.18. The summed E-state index contributed by atoms with van der Waals surface area (Å²) in [5.74, 6) is 0.223. The molecule has 5 nitrogen and oxygen atoms in total. The van der Waals surface area contributed by atoms with Gasteiger partial charge in [0, 0.05) is 36.8 Å². The van der Waals surface area contributed by atoms with Crippen LogP contribution in [0, 0.1) is 13.8 Å². The standard InChI is InChI=1S/C21H24F2N2O3/c1-4-18(26)10-17-9-16(5-6-24-17)21(27)25-11-15-7-13(2)20(14(3)8-15)28-12-19(22)23/h5-9,19H,4,10-12H2,1-3H3,(H,25,27). The highest BCUT2D eigenvalue weighted by Gasteiger charge is 2.12. The van der Waals surface area contributed by atoms with Crippen LogP contribution >= 0.6 is 0 Å². The Morgan fingerprint density at radius 3 is 2.46 bits per heavy atom. The van der Waals surface area contributed by atoms with Gasteiger partial charge in [0.2, 0.25) is 0 Å². The fourth-order valence-electron chi connectivity index (χ4n) is 2.84. The molecule has 0 fully saturated rings. The number of pyridine rings is 1. The summed E-state index contributed by atoms with van der Waals surface area (Å²) in [6.45, 7) is 4.97. The molecule has 0 saturated heterocycles. The van der Waals surface area contributed by atoms with Gasteiger partial charge in [0.25, 0.3) is 12.3 Å². The van der Waals surface area contributed by atoms with E-state index in [9.17, 15) is 18.4 Å². The summed E-state index contributed by atoms with van der Waals surface area (Å²) >= 11 is 0. The maximum atomic E-state index is 12.4. The van der Waals surface area contributed by atoms with Gasteiger partial charge >= 0.3 is 0 Å². The second-order valence-electron chi connectivity index (χ2n) is 6.55. The van der Waals surface area contributed by atoms with Crippen LogP contribution in [-0.4, -0.2) is 29.7 Å². The van der Waals surface area contributed by atoms with Gasteiger partial charge in [-0.25, -0.2) is 8.78 Å². The van der Waals surface area contributed by atoms with Crippen molar-refractivity contribution in [1.82, 2.24) is 10.3 Å². The number of amides is 1. The highest BCUT2D eigenvalue weighted by atomic mass is 19.3. The van der Waals surface area contributed by atoms with Gasteiger partial charge in [-0.05, 0) is 42.7 Å². The molecule has 28 heavy (non-hydrogen) atoms. The van der Waals surface area contributed by atoms with Crippen LogP contribution in [0.4, 0.5) is 8.78 Å². The molecular weight excluding hydrogens is 366 g/mol. The molecule has 1 aromatic carbocycles. The van der Waals surface area contributed by atoms with E-state index in [1.165, 1.54) is 6.20 Å². The molecule has 0 radical (unpaired) electrons. The van der Waals surface area contributed by atoms with Gasteiger partial charge in [0.15, 0.2) is 0 Å². The predicted molar refractivity (Wildman–Crippen MR) is 102 cm³/mol. The van der Waals surface area contributed by atoms with E-state index < -0.39 is 13.0 Å². The van der Waals surface area contributed by atoms with Crippen LogP contribution in [0.1, 0.15) is 46.1 Å². The average molecular weight is 390 g/mol. The van der Waals surface area contributed by atoms with E-state index in [2.05, 4.69) is 10.3 Å². The second kappa shape index (κ2) is 9.92.